The first-order valence-electron chi connectivity index (χ1n) is 5.61. The van der Waals surface area contributed by atoms with Crippen LogP contribution in [0.3, 0.4) is 0 Å². The molecular formula is C14H12ClF2N. The molecule has 0 aliphatic carbocycles. The molecule has 0 unspecified atom stereocenters. The molecule has 1 aromatic carbocycles. The van der Waals surface area contributed by atoms with Gasteiger partial charge in [0.1, 0.15) is 5.69 Å². The lowest BCUT2D eigenvalue weighted by atomic mass is 10.1. The van der Waals surface area contributed by atoms with Gasteiger partial charge < -0.3 is 0 Å². The SMILES string of the molecule is CC(C)c1cc(F)c(F)c(-c2ccc(Cl)cc2)n1. The van der Waals surface area contributed by atoms with Gasteiger partial charge >= 0.3 is 0 Å². The zero-order valence-corrected chi connectivity index (χ0v) is 10.8. The number of hydrogen-bond donors (Lipinski definition) is 0. The lowest BCUT2D eigenvalue weighted by molar-refractivity contribution is 0.503. The third kappa shape index (κ3) is 2.51. The van der Waals surface area contributed by atoms with E-state index in [1.807, 2.05) is 13.8 Å². The van der Waals surface area contributed by atoms with Crippen LogP contribution in [0, 0.1) is 11.6 Å². The van der Waals surface area contributed by atoms with Crippen LogP contribution in [-0.4, -0.2) is 4.98 Å². The zero-order chi connectivity index (χ0) is 13.3. The summed E-state index contributed by atoms with van der Waals surface area (Å²) in [7, 11) is 0. The van der Waals surface area contributed by atoms with E-state index in [1.165, 1.54) is 0 Å². The second kappa shape index (κ2) is 5.02. The average Bonchev–Trinajstić information content (AvgIpc) is 2.33. The van der Waals surface area contributed by atoms with Gasteiger partial charge in [-0.25, -0.2) is 13.8 Å². The number of hydrogen-bond acceptors (Lipinski definition) is 1. The summed E-state index contributed by atoms with van der Waals surface area (Å²) < 4.78 is 27.3. The molecule has 0 aliphatic heterocycles. The van der Waals surface area contributed by atoms with E-state index in [0.717, 1.165) is 6.07 Å². The van der Waals surface area contributed by atoms with E-state index in [-0.39, 0.29) is 11.6 Å². The first kappa shape index (κ1) is 13.0. The quantitative estimate of drug-likeness (QED) is 0.761. The highest BCUT2D eigenvalue weighted by molar-refractivity contribution is 6.30. The van der Waals surface area contributed by atoms with Crippen LogP contribution in [0.2, 0.25) is 5.02 Å². The van der Waals surface area contributed by atoms with Crippen LogP contribution >= 0.6 is 11.6 Å². The number of halogens is 3. The van der Waals surface area contributed by atoms with Crippen LogP contribution in [0.25, 0.3) is 11.3 Å². The molecule has 2 aromatic rings. The van der Waals surface area contributed by atoms with E-state index in [2.05, 4.69) is 4.98 Å². The van der Waals surface area contributed by atoms with E-state index in [9.17, 15) is 8.78 Å². The maximum absolute atomic E-state index is 13.8. The van der Waals surface area contributed by atoms with Crippen molar-refractivity contribution in [3.8, 4) is 11.3 Å². The highest BCUT2D eigenvalue weighted by Gasteiger charge is 2.15. The number of benzene rings is 1. The van der Waals surface area contributed by atoms with Gasteiger partial charge in [0.25, 0.3) is 0 Å². The molecule has 0 aliphatic rings. The van der Waals surface area contributed by atoms with E-state index in [4.69, 9.17) is 11.6 Å². The summed E-state index contributed by atoms with van der Waals surface area (Å²) in [5.74, 6) is -1.77. The maximum Gasteiger partial charge on any atom is 0.185 e. The number of pyridine rings is 1. The molecule has 0 spiro atoms. The Bertz CT molecular complexity index is 565. The molecule has 18 heavy (non-hydrogen) atoms. The Morgan fingerprint density at radius 2 is 1.72 bits per heavy atom. The topological polar surface area (TPSA) is 12.9 Å². The van der Waals surface area contributed by atoms with E-state index in [0.29, 0.717) is 16.3 Å². The van der Waals surface area contributed by atoms with Crippen molar-refractivity contribution in [2.75, 3.05) is 0 Å². The van der Waals surface area contributed by atoms with Gasteiger partial charge in [0.15, 0.2) is 11.6 Å². The first-order chi connectivity index (χ1) is 8.49. The summed E-state index contributed by atoms with van der Waals surface area (Å²) in [5.41, 5.74) is 1.06. The predicted molar refractivity (Wildman–Crippen MR) is 68.7 cm³/mol. The smallest absolute Gasteiger partial charge is 0.185 e. The monoisotopic (exact) mass is 267 g/mol. The Hall–Kier alpha value is -1.48. The lowest BCUT2D eigenvalue weighted by Crippen LogP contribution is -2.01. The molecule has 4 heteroatoms. The summed E-state index contributed by atoms with van der Waals surface area (Å²) in [6.07, 6.45) is 0. The minimum Gasteiger partial charge on any atom is -0.249 e. The molecule has 0 saturated carbocycles. The van der Waals surface area contributed by atoms with Gasteiger partial charge in [-0.1, -0.05) is 37.6 Å². The zero-order valence-electron chi connectivity index (χ0n) is 10.0. The minimum atomic E-state index is -0.929. The summed E-state index contributed by atoms with van der Waals surface area (Å²) >= 11 is 5.76. The van der Waals surface area contributed by atoms with Gasteiger partial charge in [-0.05, 0) is 24.1 Å². The van der Waals surface area contributed by atoms with E-state index < -0.39 is 11.6 Å². The molecule has 0 N–H and O–H groups in total. The molecule has 94 valence electrons. The molecule has 1 aromatic heterocycles. The molecular weight excluding hydrogens is 256 g/mol. The normalized spacial score (nSPS) is 11.0. The Balaban J connectivity index is 2.59. The third-order valence-corrected chi connectivity index (χ3v) is 2.89. The number of rotatable bonds is 2. The summed E-state index contributed by atoms with van der Waals surface area (Å²) in [6, 6.07) is 7.63. The van der Waals surface area contributed by atoms with Crippen molar-refractivity contribution in [2.45, 2.75) is 19.8 Å². The van der Waals surface area contributed by atoms with Crippen molar-refractivity contribution in [1.82, 2.24) is 4.98 Å². The van der Waals surface area contributed by atoms with Crippen molar-refractivity contribution in [3.05, 3.63) is 52.7 Å². The van der Waals surface area contributed by atoms with Crippen LogP contribution < -0.4 is 0 Å². The highest BCUT2D eigenvalue weighted by atomic mass is 35.5. The first-order valence-corrected chi connectivity index (χ1v) is 5.98. The second-order valence-corrected chi connectivity index (χ2v) is 4.79. The molecule has 1 heterocycles. The largest absolute Gasteiger partial charge is 0.249 e. The van der Waals surface area contributed by atoms with E-state index >= 15 is 0 Å². The third-order valence-electron chi connectivity index (χ3n) is 2.64. The fraction of sp³-hybridized carbons (Fsp3) is 0.214. The molecule has 0 fully saturated rings. The van der Waals surface area contributed by atoms with Gasteiger partial charge in [0, 0.05) is 16.3 Å². The Morgan fingerprint density at radius 1 is 1.11 bits per heavy atom. The molecule has 0 amide bonds. The number of nitrogens with zero attached hydrogens (tertiary/aromatic N) is 1. The lowest BCUT2D eigenvalue weighted by Gasteiger charge is -2.09. The summed E-state index contributed by atoms with van der Waals surface area (Å²) in [5, 5.41) is 0.541. The van der Waals surface area contributed by atoms with Crippen molar-refractivity contribution in [2.24, 2.45) is 0 Å². The van der Waals surface area contributed by atoms with Crippen LogP contribution in [0.15, 0.2) is 30.3 Å². The van der Waals surface area contributed by atoms with Gasteiger partial charge in [-0.3, -0.25) is 0 Å². The Morgan fingerprint density at radius 3 is 2.28 bits per heavy atom. The van der Waals surface area contributed by atoms with Crippen LogP contribution in [0.1, 0.15) is 25.5 Å². The standard InChI is InChI=1S/C14H12ClF2N/c1-8(2)12-7-11(16)13(17)14(18-12)9-3-5-10(15)6-4-9/h3-8H,1-2H3. The van der Waals surface area contributed by atoms with Gasteiger partial charge in [0.05, 0.1) is 0 Å². The van der Waals surface area contributed by atoms with Crippen molar-refractivity contribution in [1.29, 1.82) is 0 Å². The molecule has 1 nitrogen and oxygen atoms in total. The van der Waals surface area contributed by atoms with Crippen LogP contribution in [0.5, 0.6) is 0 Å². The summed E-state index contributed by atoms with van der Waals surface area (Å²) in [6.45, 7) is 3.76. The predicted octanol–water partition coefficient (Wildman–Crippen LogP) is 4.80. The van der Waals surface area contributed by atoms with Gasteiger partial charge in [0.2, 0.25) is 0 Å². The van der Waals surface area contributed by atoms with Crippen LogP contribution in [-0.2, 0) is 0 Å². The summed E-state index contributed by atoms with van der Waals surface area (Å²) in [4.78, 5) is 4.17. The van der Waals surface area contributed by atoms with Gasteiger partial charge in [-0.2, -0.15) is 0 Å². The van der Waals surface area contributed by atoms with E-state index in [1.54, 1.807) is 24.3 Å². The Kier molecular flexibility index (Phi) is 3.62. The molecule has 2 rings (SSSR count). The number of aromatic nitrogens is 1. The molecule has 0 radical (unpaired) electrons. The second-order valence-electron chi connectivity index (χ2n) is 4.35. The fourth-order valence-corrected chi connectivity index (χ4v) is 1.74. The van der Waals surface area contributed by atoms with Gasteiger partial charge in [-0.15, -0.1) is 0 Å². The van der Waals surface area contributed by atoms with Crippen molar-refractivity contribution < 1.29 is 8.78 Å². The molecule has 0 atom stereocenters. The molecule has 0 saturated heterocycles. The Labute approximate surface area is 109 Å². The minimum absolute atomic E-state index is 0.0235. The molecule has 0 bridgehead atoms. The highest BCUT2D eigenvalue weighted by Crippen LogP contribution is 2.26. The van der Waals surface area contributed by atoms with Crippen molar-refractivity contribution >= 4 is 11.6 Å². The van der Waals surface area contributed by atoms with Crippen LogP contribution in [0.4, 0.5) is 8.78 Å². The maximum atomic E-state index is 13.8. The fourth-order valence-electron chi connectivity index (χ4n) is 1.61. The average molecular weight is 268 g/mol. The van der Waals surface area contributed by atoms with Crippen molar-refractivity contribution in [3.63, 3.8) is 0 Å².